The number of carbonyl (C=O) groups is 1. The number of nitrogens with zero attached hydrogens (tertiary/aromatic N) is 4. The van der Waals surface area contributed by atoms with E-state index in [1.54, 1.807) is 7.11 Å². The number of amides is 2. The van der Waals surface area contributed by atoms with E-state index in [0.717, 1.165) is 22.4 Å². The van der Waals surface area contributed by atoms with Crippen LogP contribution in [0, 0.1) is 6.92 Å². The van der Waals surface area contributed by atoms with E-state index >= 15 is 0 Å². The molecule has 0 bridgehead atoms. The summed E-state index contributed by atoms with van der Waals surface area (Å²) in [4.78, 5) is 12.2. The third kappa shape index (κ3) is 4.42. The Morgan fingerprint density at radius 3 is 2.62 bits per heavy atom. The van der Waals surface area contributed by atoms with Gasteiger partial charge in [0, 0.05) is 19.3 Å². The number of hydrogen-bond donors (Lipinski definition) is 2. The number of benzene rings is 2. The van der Waals surface area contributed by atoms with E-state index < -0.39 is 0 Å². The molecular formula is C18H20N6O2. The van der Waals surface area contributed by atoms with Gasteiger partial charge < -0.3 is 15.4 Å². The topological polar surface area (TPSA) is 94.0 Å². The minimum Gasteiger partial charge on any atom is -0.380 e. The summed E-state index contributed by atoms with van der Waals surface area (Å²) in [6.45, 7) is 2.93. The van der Waals surface area contributed by atoms with Gasteiger partial charge in [-0.15, -0.1) is 5.10 Å². The molecule has 3 rings (SSSR count). The SMILES string of the molecule is COCc1ccc(CNC(=O)Nc2cc(-n3cnnn3)ccc2C)cc1. The highest BCUT2D eigenvalue weighted by Crippen LogP contribution is 2.18. The second-order valence-corrected chi connectivity index (χ2v) is 5.81. The van der Waals surface area contributed by atoms with Gasteiger partial charge in [0.15, 0.2) is 0 Å². The van der Waals surface area contributed by atoms with Gasteiger partial charge in [0.05, 0.1) is 12.3 Å². The highest BCUT2D eigenvalue weighted by molar-refractivity contribution is 5.90. The van der Waals surface area contributed by atoms with Gasteiger partial charge in [-0.3, -0.25) is 0 Å². The van der Waals surface area contributed by atoms with Gasteiger partial charge in [-0.1, -0.05) is 30.3 Å². The lowest BCUT2D eigenvalue weighted by atomic mass is 10.1. The van der Waals surface area contributed by atoms with Gasteiger partial charge in [-0.2, -0.15) is 0 Å². The summed E-state index contributed by atoms with van der Waals surface area (Å²) < 4.78 is 6.62. The number of nitrogens with one attached hydrogen (secondary N) is 2. The van der Waals surface area contributed by atoms with Crippen LogP contribution in [0.2, 0.25) is 0 Å². The van der Waals surface area contributed by atoms with Crippen LogP contribution < -0.4 is 10.6 Å². The fourth-order valence-electron chi connectivity index (χ4n) is 2.44. The van der Waals surface area contributed by atoms with Crippen molar-refractivity contribution >= 4 is 11.7 Å². The largest absolute Gasteiger partial charge is 0.380 e. The monoisotopic (exact) mass is 352 g/mol. The Labute approximate surface area is 151 Å². The first-order valence-electron chi connectivity index (χ1n) is 8.11. The molecule has 0 aliphatic rings. The van der Waals surface area contributed by atoms with E-state index in [1.807, 2.05) is 49.4 Å². The zero-order valence-corrected chi connectivity index (χ0v) is 14.6. The molecule has 0 aliphatic carbocycles. The molecule has 26 heavy (non-hydrogen) atoms. The molecule has 134 valence electrons. The number of urea groups is 1. The van der Waals surface area contributed by atoms with Gasteiger partial charge >= 0.3 is 6.03 Å². The number of ether oxygens (including phenoxy) is 1. The minimum atomic E-state index is -0.275. The fraction of sp³-hybridized carbons (Fsp3) is 0.222. The molecule has 2 amide bonds. The average molecular weight is 352 g/mol. The van der Waals surface area contributed by atoms with Gasteiger partial charge in [-0.25, -0.2) is 9.48 Å². The average Bonchev–Trinajstić information content (AvgIpc) is 3.18. The summed E-state index contributed by atoms with van der Waals surface area (Å²) in [6, 6.07) is 13.2. The maximum Gasteiger partial charge on any atom is 0.319 e. The van der Waals surface area contributed by atoms with E-state index in [9.17, 15) is 4.79 Å². The van der Waals surface area contributed by atoms with Crippen molar-refractivity contribution in [3.63, 3.8) is 0 Å². The first-order valence-corrected chi connectivity index (χ1v) is 8.11. The lowest BCUT2D eigenvalue weighted by molar-refractivity contribution is 0.185. The molecule has 2 N–H and O–H groups in total. The molecule has 8 heteroatoms. The maximum absolute atomic E-state index is 12.2. The molecule has 0 radical (unpaired) electrons. The Balaban J connectivity index is 1.60. The van der Waals surface area contributed by atoms with Gasteiger partial charge in [-0.05, 0) is 46.2 Å². The van der Waals surface area contributed by atoms with Crippen LogP contribution in [0.3, 0.4) is 0 Å². The summed E-state index contributed by atoms with van der Waals surface area (Å²) in [7, 11) is 1.66. The summed E-state index contributed by atoms with van der Waals surface area (Å²) in [5.74, 6) is 0. The van der Waals surface area contributed by atoms with Crippen molar-refractivity contribution in [2.45, 2.75) is 20.1 Å². The second-order valence-electron chi connectivity index (χ2n) is 5.81. The van der Waals surface area contributed by atoms with E-state index in [0.29, 0.717) is 18.8 Å². The molecule has 8 nitrogen and oxygen atoms in total. The predicted octanol–water partition coefficient (Wildman–Crippen LogP) is 2.44. The van der Waals surface area contributed by atoms with Crippen LogP contribution in [0.25, 0.3) is 5.69 Å². The van der Waals surface area contributed by atoms with Crippen molar-refractivity contribution in [2.75, 3.05) is 12.4 Å². The Morgan fingerprint density at radius 1 is 1.15 bits per heavy atom. The van der Waals surface area contributed by atoms with Crippen LogP contribution in [0.5, 0.6) is 0 Å². The Bertz CT molecular complexity index is 862. The normalized spacial score (nSPS) is 10.5. The van der Waals surface area contributed by atoms with Crippen LogP contribution in [-0.2, 0) is 17.9 Å². The molecule has 0 fully saturated rings. The quantitative estimate of drug-likeness (QED) is 0.711. The van der Waals surface area contributed by atoms with Crippen LogP contribution in [0.4, 0.5) is 10.5 Å². The molecule has 0 spiro atoms. The highest BCUT2D eigenvalue weighted by atomic mass is 16.5. The second kappa shape index (κ2) is 8.21. The highest BCUT2D eigenvalue weighted by Gasteiger charge is 2.07. The van der Waals surface area contributed by atoms with Crippen molar-refractivity contribution in [3.05, 3.63) is 65.5 Å². The van der Waals surface area contributed by atoms with Crippen molar-refractivity contribution in [1.29, 1.82) is 0 Å². The van der Waals surface area contributed by atoms with Crippen LogP contribution >= 0.6 is 0 Å². The number of carbonyl (C=O) groups excluding carboxylic acids is 1. The van der Waals surface area contributed by atoms with Crippen LogP contribution in [0.15, 0.2) is 48.8 Å². The molecular weight excluding hydrogens is 332 g/mol. The molecule has 0 saturated carbocycles. The smallest absolute Gasteiger partial charge is 0.319 e. The van der Waals surface area contributed by atoms with Crippen LogP contribution in [0.1, 0.15) is 16.7 Å². The number of rotatable bonds is 6. The van der Waals surface area contributed by atoms with Gasteiger partial charge in [0.25, 0.3) is 0 Å². The summed E-state index contributed by atoms with van der Waals surface area (Å²) >= 11 is 0. The van der Waals surface area contributed by atoms with Crippen molar-refractivity contribution < 1.29 is 9.53 Å². The Hall–Kier alpha value is -3.26. The van der Waals surface area contributed by atoms with E-state index in [1.165, 1.54) is 11.0 Å². The van der Waals surface area contributed by atoms with E-state index in [4.69, 9.17) is 4.74 Å². The number of hydrogen-bond acceptors (Lipinski definition) is 5. The fourth-order valence-corrected chi connectivity index (χ4v) is 2.44. The predicted molar refractivity (Wildman–Crippen MR) is 96.9 cm³/mol. The van der Waals surface area contributed by atoms with E-state index in [-0.39, 0.29) is 6.03 Å². The zero-order chi connectivity index (χ0) is 18.4. The summed E-state index contributed by atoms with van der Waals surface area (Å²) in [5.41, 5.74) is 4.52. The molecule has 0 aliphatic heterocycles. The first kappa shape index (κ1) is 17.6. The third-order valence-electron chi connectivity index (χ3n) is 3.87. The molecule has 1 heterocycles. The van der Waals surface area contributed by atoms with Gasteiger partial charge in [0.2, 0.25) is 0 Å². The lowest BCUT2D eigenvalue weighted by Crippen LogP contribution is -2.28. The number of aromatic nitrogens is 4. The molecule has 1 aromatic heterocycles. The van der Waals surface area contributed by atoms with Gasteiger partial charge in [0.1, 0.15) is 6.33 Å². The Morgan fingerprint density at radius 2 is 1.92 bits per heavy atom. The Kier molecular flexibility index (Phi) is 5.55. The number of methoxy groups -OCH3 is 1. The molecule has 2 aromatic carbocycles. The van der Waals surface area contributed by atoms with Crippen molar-refractivity contribution in [1.82, 2.24) is 25.5 Å². The zero-order valence-electron chi connectivity index (χ0n) is 14.6. The molecule has 0 atom stereocenters. The summed E-state index contributed by atoms with van der Waals surface area (Å²) in [6.07, 6.45) is 1.50. The minimum absolute atomic E-state index is 0.275. The third-order valence-corrected chi connectivity index (χ3v) is 3.87. The number of tetrazole rings is 1. The summed E-state index contributed by atoms with van der Waals surface area (Å²) in [5, 5.41) is 16.8. The molecule has 0 saturated heterocycles. The van der Waals surface area contributed by atoms with Crippen molar-refractivity contribution in [3.8, 4) is 5.69 Å². The molecule has 3 aromatic rings. The number of aryl methyl sites for hydroxylation is 1. The maximum atomic E-state index is 12.2. The lowest BCUT2D eigenvalue weighted by Gasteiger charge is -2.12. The van der Waals surface area contributed by atoms with Crippen molar-refractivity contribution in [2.24, 2.45) is 0 Å². The van der Waals surface area contributed by atoms with E-state index in [2.05, 4.69) is 26.2 Å². The first-order chi connectivity index (χ1) is 12.7. The molecule has 0 unspecified atom stereocenters. The number of anilines is 1. The standard InChI is InChI=1S/C18H20N6O2/c1-13-3-8-16(24-12-20-22-23-24)9-17(13)21-18(25)19-10-14-4-6-15(7-5-14)11-26-2/h3-9,12H,10-11H2,1-2H3,(H2,19,21,25). The van der Waals surface area contributed by atoms with Crippen LogP contribution in [-0.4, -0.2) is 33.3 Å².